The lowest BCUT2D eigenvalue weighted by molar-refractivity contribution is 0.0691. The highest BCUT2D eigenvalue weighted by atomic mass is 16.5. The van der Waals surface area contributed by atoms with Crippen molar-refractivity contribution in [3.8, 4) is 17.0 Å². The molecule has 0 bridgehead atoms. The summed E-state index contributed by atoms with van der Waals surface area (Å²) in [6.07, 6.45) is 0. The molecule has 0 saturated heterocycles. The molecule has 25 heavy (non-hydrogen) atoms. The normalized spacial score (nSPS) is 11.1. The first kappa shape index (κ1) is 15.2. The molecule has 5 nitrogen and oxygen atoms in total. The van der Waals surface area contributed by atoms with E-state index in [0.29, 0.717) is 5.69 Å². The summed E-state index contributed by atoms with van der Waals surface area (Å²) in [6, 6.07) is 15.1. The molecule has 5 heteroatoms. The number of aromatic carboxylic acids is 1. The summed E-state index contributed by atoms with van der Waals surface area (Å²) in [7, 11) is 1.61. The van der Waals surface area contributed by atoms with Crippen LogP contribution in [0.15, 0.2) is 48.5 Å². The predicted octanol–water partition coefficient (Wildman–Crippen LogP) is 4.40. The second-order valence-corrected chi connectivity index (χ2v) is 5.99. The van der Waals surface area contributed by atoms with Crippen molar-refractivity contribution in [2.75, 3.05) is 7.11 Å². The van der Waals surface area contributed by atoms with Crippen LogP contribution in [0.5, 0.6) is 5.75 Å². The Morgan fingerprint density at radius 3 is 2.52 bits per heavy atom. The summed E-state index contributed by atoms with van der Waals surface area (Å²) in [5, 5.41) is 11.3. The smallest absolute Gasteiger partial charge is 0.354 e. The number of carbonyl (C=O) groups is 1. The highest BCUT2D eigenvalue weighted by Crippen LogP contribution is 2.33. The monoisotopic (exact) mass is 332 g/mol. The highest BCUT2D eigenvalue weighted by Gasteiger charge is 2.16. The number of ether oxygens (including phenoxy) is 1. The quantitative estimate of drug-likeness (QED) is 0.583. The number of aromatic nitrogens is 2. The number of carboxylic acids is 1. The van der Waals surface area contributed by atoms with Crippen molar-refractivity contribution in [1.82, 2.24) is 9.97 Å². The topological polar surface area (TPSA) is 75.2 Å². The van der Waals surface area contributed by atoms with E-state index >= 15 is 0 Å². The van der Waals surface area contributed by atoms with Gasteiger partial charge in [-0.3, -0.25) is 0 Å². The number of methoxy groups -OCH3 is 1. The van der Waals surface area contributed by atoms with Gasteiger partial charge in [0.1, 0.15) is 11.4 Å². The van der Waals surface area contributed by atoms with Crippen LogP contribution < -0.4 is 4.74 Å². The summed E-state index contributed by atoms with van der Waals surface area (Å²) < 4.78 is 5.19. The number of pyridine rings is 1. The molecule has 2 aromatic heterocycles. The number of hydrogen-bond donors (Lipinski definition) is 2. The zero-order chi connectivity index (χ0) is 17.6. The van der Waals surface area contributed by atoms with Crippen molar-refractivity contribution in [3.05, 3.63) is 59.8 Å². The maximum Gasteiger partial charge on any atom is 0.354 e. The molecule has 4 aromatic rings. The molecule has 0 fully saturated rings. The zero-order valence-electron chi connectivity index (χ0n) is 13.8. The number of carboxylic acid groups (broad SMARTS) is 1. The van der Waals surface area contributed by atoms with Crippen molar-refractivity contribution in [2.24, 2.45) is 0 Å². The first-order valence-corrected chi connectivity index (χ1v) is 7.87. The fraction of sp³-hybridized carbons (Fsp3) is 0.100. The number of aromatic amines is 1. The van der Waals surface area contributed by atoms with E-state index in [4.69, 9.17) is 4.74 Å². The minimum atomic E-state index is -1.04. The maximum absolute atomic E-state index is 11.6. The molecule has 4 rings (SSSR count). The van der Waals surface area contributed by atoms with Gasteiger partial charge >= 0.3 is 5.97 Å². The standard InChI is InChI=1S/C20H16N2O3/c1-11-3-8-16-14(9-11)15-10-17(20(23)24)22-18(19(15)21-16)12-4-6-13(25-2)7-5-12/h3-10,21H,1-2H3,(H,23,24). The highest BCUT2D eigenvalue weighted by molar-refractivity contribution is 6.12. The number of hydrogen-bond acceptors (Lipinski definition) is 3. The van der Waals surface area contributed by atoms with E-state index in [1.165, 1.54) is 0 Å². The predicted molar refractivity (Wildman–Crippen MR) is 97.3 cm³/mol. The van der Waals surface area contributed by atoms with Crippen LogP contribution in [0.4, 0.5) is 0 Å². The number of nitrogens with zero attached hydrogens (tertiary/aromatic N) is 1. The van der Waals surface area contributed by atoms with Gasteiger partial charge in [-0.15, -0.1) is 0 Å². The van der Waals surface area contributed by atoms with E-state index in [1.807, 2.05) is 43.3 Å². The lowest BCUT2D eigenvalue weighted by atomic mass is 10.1. The lowest BCUT2D eigenvalue weighted by Gasteiger charge is -2.06. The molecule has 124 valence electrons. The Kier molecular flexibility index (Phi) is 3.42. The van der Waals surface area contributed by atoms with Crippen LogP contribution in [-0.2, 0) is 0 Å². The lowest BCUT2D eigenvalue weighted by Crippen LogP contribution is -2.01. The molecule has 0 spiro atoms. The average Bonchev–Trinajstić information content (AvgIpc) is 2.99. The van der Waals surface area contributed by atoms with Crippen LogP contribution in [0.3, 0.4) is 0 Å². The summed E-state index contributed by atoms with van der Waals surface area (Å²) in [5.41, 5.74) is 4.38. The third kappa shape index (κ3) is 2.50. The number of aryl methyl sites for hydroxylation is 1. The third-order valence-corrected chi connectivity index (χ3v) is 4.33. The van der Waals surface area contributed by atoms with Crippen LogP contribution >= 0.6 is 0 Å². The van der Waals surface area contributed by atoms with E-state index in [1.54, 1.807) is 13.2 Å². The zero-order valence-corrected chi connectivity index (χ0v) is 13.8. The third-order valence-electron chi connectivity index (χ3n) is 4.33. The number of fused-ring (bicyclic) bond motifs is 3. The average molecular weight is 332 g/mol. The first-order chi connectivity index (χ1) is 12.1. The van der Waals surface area contributed by atoms with E-state index in [9.17, 15) is 9.90 Å². The molecule has 2 aromatic carbocycles. The van der Waals surface area contributed by atoms with Gasteiger partial charge in [0.05, 0.1) is 18.3 Å². The van der Waals surface area contributed by atoms with Crippen LogP contribution in [0.1, 0.15) is 16.1 Å². The number of H-pyrrole nitrogens is 1. The summed E-state index contributed by atoms with van der Waals surface area (Å²) >= 11 is 0. The molecule has 0 amide bonds. The Morgan fingerprint density at radius 2 is 1.84 bits per heavy atom. The van der Waals surface area contributed by atoms with E-state index < -0.39 is 5.97 Å². The molecule has 2 heterocycles. The summed E-state index contributed by atoms with van der Waals surface area (Å²) in [6.45, 7) is 2.02. The van der Waals surface area contributed by atoms with Crippen molar-refractivity contribution in [1.29, 1.82) is 0 Å². The van der Waals surface area contributed by atoms with Crippen LogP contribution in [-0.4, -0.2) is 28.2 Å². The molecule has 0 aliphatic carbocycles. The van der Waals surface area contributed by atoms with Gasteiger partial charge < -0.3 is 14.8 Å². The molecule has 0 radical (unpaired) electrons. The molecular weight excluding hydrogens is 316 g/mol. The fourth-order valence-electron chi connectivity index (χ4n) is 3.08. The second kappa shape index (κ2) is 5.63. The van der Waals surface area contributed by atoms with Gasteiger partial charge in [-0.05, 0) is 49.4 Å². The number of rotatable bonds is 3. The SMILES string of the molecule is COc1ccc(-c2nc(C(=O)O)cc3c2[nH]c2ccc(C)cc23)cc1. The Morgan fingerprint density at radius 1 is 1.08 bits per heavy atom. The van der Waals surface area contributed by atoms with Crippen molar-refractivity contribution in [2.45, 2.75) is 6.92 Å². The molecule has 2 N–H and O–H groups in total. The molecule has 0 aliphatic rings. The Bertz CT molecular complexity index is 1110. The Balaban J connectivity index is 2.07. The van der Waals surface area contributed by atoms with Crippen LogP contribution in [0.25, 0.3) is 33.1 Å². The van der Waals surface area contributed by atoms with E-state index in [-0.39, 0.29) is 5.69 Å². The molecule has 0 unspecified atom stereocenters. The summed E-state index contributed by atoms with van der Waals surface area (Å²) in [4.78, 5) is 19.3. The first-order valence-electron chi connectivity index (χ1n) is 7.87. The van der Waals surface area contributed by atoms with E-state index in [2.05, 4.69) is 16.0 Å². The number of benzene rings is 2. The summed E-state index contributed by atoms with van der Waals surface area (Å²) in [5.74, 6) is -0.305. The fourth-order valence-corrected chi connectivity index (χ4v) is 3.08. The van der Waals surface area contributed by atoms with Crippen LogP contribution in [0, 0.1) is 6.92 Å². The maximum atomic E-state index is 11.6. The van der Waals surface area contributed by atoms with Gasteiger partial charge in [0, 0.05) is 21.9 Å². The van der Waals surface area contributed by atoms with Gasteiger partial charge in [0.2, 0.25) is 0 Å². The van der Waals surface area contributed by atoms with Gasteiger partial charge in [0.15, 0.2) is 0 Å². The van der Waals surface area contributed by atoms with Gasteiger partial charge in [-0.25, -0.2) is 9.78 Å². The van der Waals surface area contributed by atoms with E-state index in [0.717, 1.165) is 38.7 Å². The second-order valence-electron chi connectivity index (χ2n) is 5.99. The minimum Gasteiger partial charge on any atom is -0.497 e. The van der Waals surface area contributed by atoms with Gasteiger partial charge in [-0.2, -0.15) is 0 Å². The minimum absolute atomic E-state index is 0.0284. The van der Waals surface area contributed by atoms with Gasteiger partial charge in [-0.1, -0.05) is 11.6 Å². The Hall–Kier alpha value is -3.34. The Labute approximate surface area is 143 Å². The van der Waals surface area contributed by atoms with Crippen LogP contribution in [0.2, 0.25) is 0 Å². The van der Waals surface area contributed by atoms with Crippen molar-refractivity contribution in [3.63, 3.8) is 0 Å². The number of nitrogens with one attached hydrogen (secondary N) is 1. The molecule has 0 aliphatic heterocycles. The van der Waals surface area contributed by atoms with Crippen molar-refractivity contribution >= 4 is 27.8 Å². The molecule has 0 saturated carbocycles. The molecule has 0 atom stereocenters. The largest absolute Gasteiger partial charge is 0.497 e. The molecular formula is C20H16N2O3. The van der Waals surface area contributed by atoms with Crippen molar-refractivity contribution < 1.29 is 14.6 Å². The van der Waals surface area contributed by atoms with Gasteiger partial charge in [0.25, 0.3) is 0 Å².